The Hall–Kier alpha value is -3.45. The number of ether oxygens (including phenoxy) is 1. The highest BCUT2D eigenvalue weighted by molar-refractivity contribution is 6.30. The third-order valence-electron chi connectivity index (χ3n) is 4.09. The second kappa shape index (κ2) is 11.1. The standard InChI is InChI=1S/C23H20ClF2NO4/c1-3-15(19-13-17(24)8-11-20(19)31-23(25)26)5-4-14(2)12-21(28)27-18-9-6-16(7-10-18)22(29)30/h3-11,13,23H,1,12H2,2H3,(H,27,28)(H,29,30)/b14-4+,15-5+. The summed E-state index contributed by atoms with van der Waals surface area (Å²) >= 11 is 5.98. The summed E-state index contributed by atoms with van der Waals surface area (Å²) in [4.78, 5) is 23.1. The van der Waals surface area contributed by atoms with Crippen molar-refractivity contribution < 1.29 is 28.2 Å². The van der Waals surface area contributed by atoms with Crippen molar-refractivity contribution in [3.05, 3.63) is 89.0 Å². The summed E-state index contributed by atoms with van der Waals surface area (Å²) in [5.41, 5.74) is 2.11. The maximum Gasteiger partial charge on any atom is 0.387 e. The monoisotopic (exact) mass is 447 g/mol. The molecule has 0 heterocycles. The molecule has 0 saturated carbocycles. The maximum atomic E-state index is 12.7. The van der Waals surface area contributed by atoms with E-state index in [0.29, 0.717) is 27.4 Å². The molecule has 2 aromatic rings. The van der Waals surface area contributed by atoms with E-state index in [4.69, 9.17) is 16.7 Å². The van der Waals surface area contributed by atoms with Crippen LogP contribution in [0.4, 0.5) is 14.5 Å². The molecule has 31 heavy (non-hydrogen) atoms. The van der Waals surface area contributed by atoms with E-state index in [1.165, 1.54) is 48.5 Å². The largest absolute Gasteiger partial charge is 0.478 e. The van der Waals surface area contributed by atoms with Gasteiger partial charge >= 0.3 is 12.6 Å². The van der Waals surface area contributed by atoms with Gasteiger partial charge in [0, 0.05) is 22.7 Å². The molecule has 0 atom stereocenters. The van der Waals surface area contributed by atoms with Crippen LogP contribution in [-0.4, -0.2) is 23.6 Å². The van der Waals surface area contributed by atoms with Gasteiger partial charge in [-0.2, -0.15) is 8.78 Å². The van der Waals surface area contributed by atoms with E-state index in [0.717, 1.165) is 0 Å². The Morgan fingerprint density at radius 2 is 1.87 bits per heavy atom. The summed E-state index contributed by atoms with van der Waals surface area (Å²) in [6.45, 7) is 2.44. The molecular formula is C23H20ClF2NO4. The lowest BCUT2D eigenvalue weighted by Gasteiger charge is -2.12. The van der Waals surface area contributed by atoms with Gasteiger partial charge in [0.25, 0.3) is 0 Å². The minimum Gasteiger partial charge on any atom is -0.478 e. The van der Waals surface area contributed by atoms with Crippen molar-refractivity contribution in [1.29, 1.82) is 0 Å². The number of aromatic carboxylic acids is 1. The Balaban J connectivity index is 2.13. The summed E-state index contributed by atoms with van der Waals surface area (Å²) < 4.78 is 29.9. The molecule has 0 aliphatic rings. The fourth-order valence-electron chi connectivity index (χ4n) is 2.64. The average molecular weight is 448 g/mol. The summed E-state index contributed by atoms with van der Waals surface area (Å²) in [6, 6.07) is 10.1. The Kier molecular flexibility index (Phi) is 8.52. The zero-order chi connectivity index (χ0) is 23.0. The number of anilines is 1. The smallest absolute Gasteiger partial charge is 0.387 e. The number of hydrogen-bond donors (Lipinski definition) is 2. The molecule has 0 spiro atoms. The van der Waals surface area contributed by atoms with Crippen LogP contribution in [0.1, 0.15) is 29.3 Å². The lowest BCUT2D eigenvalue weighted by Crippen LogP contribution is -2.11. The first kappa shape index (κ1) is 23.8. The van der Waals surface area contributed by atoms with Gasteiger partial charge in [-0.15, -0.1) is 0 Å². The van der Waals surface area contributed by atoms with Crippen molar-refractivity contribution >= 4 is 34.7 Å². The van der Waals surface area contributed by atoms with Crippen molar-refractivity contribution in [2.24, 2.45) is 0 Å². The van der Waals surface area contributed by atoms with E-state index in [1.807, 2.05) is 0 Å². The van der Waals surface area contributed by atoms with E-state index in [2.05, 4.69) is 16.6 Å². The molecule has 0 aromatic heterocycles. The minimum absolute atomic E-state index is 0.0425. The zero-order valence-corrected chi connectivity index (χ0v) is 17.3. The summed E-state index contributed by atoms with van der Waals surface area (Å²) in [7, 11) is 0. The number of amides is 1. The number of alkyl halides is 2. The number of carboxylic acid groups (broad SMARTS) is 1. The van der Waals surface area contributed by atoms with Gasteiger partial charge in [0.15, 0.2) is 0 Å². The predicted octanol–water partition coefficient (Wildman–Crippen LogP) is 6.18. The Labute approximate surface area is 183 Å². The van der Waals surface area contributed by atoms with Gasteiger partial charge in [-0.05, 0) is 55.0 Å². The molecule has 0 fully saturated rings. The third-order valence-corrected chi connectivity index (χ3v) is 4.33. The second-order valence-corrected chi connectivity index (χ2v) is 6.90. The highest BCUT2D eigenvalue weighted by Crippen LogP contribution is 2.31. The molecule has 0 saturated heterocycles. The average Bonchev–Trinajstić information content (AvgIpc) is 2.70. The molecule has 5 nitrogen and oxygen atoms in total. The second-order valence-electron chi connectivity index (χ2n) is 6.47. The maximum absolute atomic E-state index is 12.7. The first-order chi connectivity index (χ1) is 14.7. The number of allylic oxidation sites excluding steroid dienone is 4. The van der Waals surface area contributed by atoms with Crippen LogP contribution in [0.5, 0.6) is 5.75 Å². The van der Waals surface area contributed by atoms with Crippen LogP contribution in [0.3, 0.4) is 0 Å². The van der Waals surface area contributed by atoms with E-state index < -0.39 is 12.6 Å². The highest BCUT2D eigenvalue weighted by atomic mass is 35.5. The van der Waals surface area contributed by atoms with Gasteiger partial charge in [0.1, 0.15) is 5.75 Å². The predicted molar refractivity (Wildman–Crippen MR) is 117 cm³/mol. The summed E-state index contributed by atoms with van der Waals surface area (Å²) in [6.07, 6.45) is 4.83. The number of hydrogen-bond acceptors (Lipinski definition) is 3. The number of nitrogens with one attached hydrogen (secondary N) is 1. The van der Waals surface area contributed by atoms with Crippen molar-refractivity contribution in [3.63, 3.8) is 0 Å². The fraction of sp³-hybridized carbons (Fsp3) is 0.130. The molecule has 0 unspecified atom stereocenters. The van der Waals surface area contributed by atoms with Crippen LogP contribution in [0.2, 0.25) is 5.02 Å². The van der Waals surface area contributed by atoms with Crippen molar-refractivity contribution in [3.8, 4) is 5.75 Å². The minimum atomic E-state index is -2.99. The molecule has 2 rings (SSSR count). The molecule has 2 N–H and O–H groups in total. The van der Waals surface area contributed by atoms with Crippen molar-refractivity contribution in [1.82, 2.24) is 0 Å². The van der Waals surface area contributed by atoms with E-state index >= 15 is 0 Å². The molecule has 0 radical (unpaired) electrons. The van der Waals surface area contributed by atoms with E-state index in [-0.39, 0.29) is 23.6 Å². The summed E-state index contributed by atoms with van der Waals surface area (Å²) in [5, 5.41) is 11.9. The SMILES string of the molecule is C=C/C(=C\C=C(/C)CC(=O)Nc1ccc(C(=O)O)cc1)c1cc(Cl)ccc1OC(F)F. The first-order valence-electron chi connectivity index (χ1n) is 9.07. The van der Waals surface area contributed by atoms with Gasteiger partial charge in [0.2, 0.25) is 5.91 Å². The quantitative estimate of drug-likeness (QED) is 0.450. The Bertz CT molecular complexity index is 1030. The topological polar surface area (TPSA) is 75.6 Å². The highest BCUT2D eigenvalue weighted by Gasteiger charge is 2.12. The van der Waals surface area contributed by atoms with Crippen LogP contribution in [0.15, 0.2) is 72.8 Å². The van der Waals surface area contributed by atoms with Gasteiger partial charge in [-0.25, -0.2) is 4.79 Å². The van der Waals surface area contributed by atoms with Crippen molar-refractivity contribution in [2.75, 3.05) is 5.32 Å². The number of halogens is 3. The first-order valence-corrected chi connectivity index (χ1v) is 9.45. The summed E-state index contributed by atoms with van der Waals surface area (Å²) in [5.74, 6) is -1.39. The van der Waals surface area contributed by atoms with Gasteiger partial charge in [-0.1, -0.05) is 42.0 Å². The molecule has 1 amide bonds. The van der Waals surface area contributed by atoms with Crippen LogP contribution in [0, 0.1) is 0 Å². The van der Waals surface area contributed by atoms with E-state index in [1.54, 1.807) is 19.1 Å². The van der Waals surface area contributed by atoms with Crippen LogP contribution in [0.25, 0.3) is 5.57 Å². The Morgan fingerprint density at radius 3 is 2.45 bits per heavy atom. The molecule has 0 aliphatic heterocycles. The van der Waals surface area contributed by atoms with Gasteiger partial charge in [-0.3, -0.25) is 4.79 Å². The zero-order valence-electron chi connectivity index (χ0n) is 16.6. The van der Waals surface area contributed by atoms with Crippen LogP contribution >= 0.6 is 11.6 Å². The van der Waals surface area contributed by atoms with E-state index in [9.17, 15) is 18.4 Å². The Morgan fingerprint density at radius 1 is 1.19 bits per heavy atom. The third kappa shape index (κ3) is 7.38. The molecule has 0 bridgehead atoms. The van der Waals surface area contributed by atoms with Gasteiger partial charge < -0.3 is 15.2 Å². The van der Waals surface area contributed by atoms with Crippen LogP contribution < -0.4 is 10.1 Å². The van der Waals surface area contributed by atoms with Crippen LogP contribution in [-0.2, 0) is 4.79 Å². The number of rotatable bonds is 9. The number of carbonyl (C=O) groups is 2. The number of carboxylic acids is 1. The normalized spacial score (nSPS) is 11.9. The number of carbonyl (C=O) groups excluding carboxylic acids is 1. The molecule has 2 aromatic carbocycles. The molecule has 0 aliphatic carbocycles. The molecule has 8 heteroatoms. The fourth-order valence-corrected chi connectivity index (χ4v) is 2.81. The molecule has 162 valence electrons. The molecular weight excluding hydrogens is 428 g/mol. The van der Waals surface area contributed by atoms with Gasteiger partial charge in [0.05, 0.1) is 5.56 Å². The van der Waals surface area contributed by atoms with Crippen molar-refractivity contribution in [2.45, 2.75) is 20.0 Å². The lowest BCUT2D eigenvalue weighted by atomic mass is 10.0. The number of benzene rings is 2. The lowest BCUT2D eigenvalue weighted by molar-refractivity contribution is -0.115.